The molecule has 2 rings (SSSR count). The summed E-state index contributed by atoms with van der Waals surface area (Å²) in [6, 6.07) is 2.29. The molecular formula is C13H18BrFN2O3S. The van der Waals surface area contributed by atoms with E-state index in [1.165, 1.54) is 12.1 Å². The molecule has 1 fully saturated rings. The van der Waals surface area contributed by atoms with E-state index in [1.807, 2.05) is 0 Å². The lowest BCUT2D eigenvalue weighted by atomic mass is 10.1. The largest absolute Gasteiger partial charge is 0.377 e. The van der Waals surface area contributed by atoms with Gasteiger partial charge in [0.05, 0.1) is 6.10 Å². The van der Waals surface area contributed by atoms with Crippen molar-refractivity contribution in [1.82, 2.24) is 4.72 Å². The first-order valence-electron chi connectivity index (χ1n) is 6.67. The molecule has 0 spiro atoms. The van der Waals surface area contributed by atoms with Crippen molar-refractivity contribution in [3.05, 3.63) is 28.0 Å². The van der Waals surface area contributed by atoms with Crippen LogP contribution < -0.4 is 10.5 Å². The molecular weight excluding hydrogens is 363 g/mol. The zero-order valence-electron chi connectivity index (χ0n) is 11.6. The van der Waals surface area contributed by atoms with Crippen LogP contribution in [0.15, 0.2) is 21.5 Å². The van der Waals surface area contributed by atoms with Gasteiger partial charge < -0.3 is 10.5 Å². The van der Waals surface area contributed by atoms with Crippen molar-refractivity contribution >= 4 is 26.0 Å². The Labute approximate surface area is 132 Å². The lowest BCUT2D eigenvalue weighted by molar-refractivity contribution is 0.0902. The van der Waals surface area contributed by atoms with Crippen LogP contribution in [0.25, 0.3) is 0 Å². The number of rotatable bonds is 5. The molecule has 2 atom stereocenters. The minimum absolute atomic E-state index is 0.0743. The summed E-state index contributed by atoms with van der Waals surface area (Å²) in [7, 11) is -3.97. The third-order valence-corrected chi connectivity index (χ3v) is 5.47. The topological polar surface area (TPSA) is 81.4 Å². The van der Waals surface area contributed by atoms with Crippen LogP contribution in [0.5, 0.6) is 0 Å². The highest BCUT2D eigenvalue weighted by Gasteiger charge is 2.29. The van der Waals surface area contributed by atoms with Crippen molar-refractivity contribution in [1.29, 1.82) is 0 Å². The minimum Gasteiger partial charge on any atom is -0.377 e. The molecule has 0 aromatic heterocycles. The average molecular weight is 381 g/mol. The number of hydrogen-bond donors (Lipinski definition) is 2. The Bertz CT molecular complexity index is 618. The number of nitrogens with one attached hydrogen (secondary N) is 1. The normalized spacial score (nSPS) is 20.7. The monoisotopic (exact) mass is 380 g/mol. The third-order valence-electron chi connectivity index (χ3n) is 3.45. The number of halogens is 2. The van der Waals surface area contributed by atoms with E-state index in [0.717, 1.165) is 12.8 Å². The molecule has 3 N–H and O–H groups in total. The number of benzene rings is 1. The highest BCUT2D eigenvalue weighted by Crippen LogP contribution is 2.25. The molecule has 0 radical (unpaired) electrons. The lowest BCUT2D eigenvalue weighted by Gasteiger charge is -2.20. The van der Waals surface area contributed by atoms with Gasteiger partial charge in [-0.05, 0) is 31.9 Å². The predicted molar refractivity (Wildman–Crippen MR) is 80.7 cm³/mol. The lowest BCUT2D eigenvalue weighted by Crippen LogP contribution is -2.41. The van der Waals surface area contributed by atoms with Crippen LogP contribution in [0.3, 0.4) is 0 Å². The summed E-state index contributed by atoms with van der Waals surface area (Å²) in [4.78, 5) is -0.401. The van der Waals surface area contributed by atoms with E-state index in [0.29, 0.717) is 11.1 Å². The molecule has 1 saturated heterocycles. The van der Waals surface area contributed by atoms with Crippen LogP contribution in [0.4, 0.5) is 4.39 Å². The Morgan fingerprint density at radius 2 is 2.29 bits per heavy atom. The first-order chi connectivity index (χ1) is 9.85. The SMILES string of the molecule is CC(NS(=O)(=O)c1cc(Br)cc(CN)c1F)C1CCCO1. The molecule has 0 aliphatic carbocycles. The van der Waals surface area contributed by atoms with Crippen LogP contribution in [0.2, 0.25) is 0 Å². The molecule has 118 valence electrons. The smallest absolute Gasteiger partial charge is 0.243 e. The van der Waals surface area contributed by atoms with Gasteiger partial charge in [-0.2, -0.15) is 0 Å². The summed E-state index contributed by atoms with van der Waals surface area (Å²) in [5, 5.41) is 0. The van der Waals surface area contributed by atoms with E-state index in [-0.39, 0.29) is 18.2 Å². The van der Waals surface area contributed by atoms with Gasteiger partial charge in [-0.15, -0.1) is 0 Å². The van der Waals surface area contributed by atoms with Crippen molar-refractivity contribution in [2.75, 3.05) is 6.61 Å². The molecule has 1 aromatic rings. The quantitative estimate of drug-likeness (QED) is 0.816. The van der Waals surface area contributed by atoms with Crippen LogP contribution in [0.1, 0.15) is 25.3 Å². The van der Waals surface area contributed by atoms with Crippen LogP contribution in [-0.4, -0.2) is 27.2 Å². The van der Waals surface area contributed by atoms with Crippen LogP contribution in [0, 0.1) is 5.82 Å². The van der Waals surface area contributed by atoms with Gasteiger partial charge in [0.15, 0.2) is 0 Å². The fourth-order valence-electron chi connectivity index (χ4n) is 2.34. The van der Waals surface area contributed by atoms with Gasteiger partial charge in [0.1, 0.15) is 10.7 Å². The minimum atomic E-state index is -3.97. The summed E-state index contributed by atoms with van der Waals surface area (Å²) in [5.74, 6) is -0.812. The summed E-state index contributed by atoms with van der Waals surface area (Å²) >= 11 is 3.17. The highest BCUT2D eigenvalue weighted by atomic mass is 79.9. The molecule has 1 heterocycles. The fourth-order valence-corrected chi connectivity index (χ4v) is 4.42. The third kappa shape index (κ3) is 3.81. The van der Waals surface area contributed by atoms with Gasteiger partial charge in [-0.3, -0.25) is 0 Å². The Morgan fingerprint density at radius 3 is 2.86 bits per heavy atom. The summed E-state index contributed by atoms with van der Waals surface area (Å²) < 4.78 is 47.4. The molecule has 1 aliphatic rings. The molecule has 21 heavy (non-hydrogen) atoms. The number of hydrogen-bond acceptors (Lipinski definition) is 4. The van der Waals surface area contributed by atoms with Gasteiger partial charge >= 0.3 is 0 Å². The number of sulfonamides is 1. The Morgan fingerprint density at radius 1 is 1.57 bits per heavy atom. The predicted octanol–water partition coefficient (Wildman–Crippen LogP) is 1.89. The Kier molecular flexibility index (Phi) is 5.37. The van der Waals surface area contributed by atoms with Gasteiger partial charge in [0, 0.05) is 29.2 Å². The molecule has 1 aromatic carbocycles. The van der Waals surface area contributed by atoms with Crippen molar-refractivity contribution in [2.45, 2.75) is 43.4 Å². The summed E-state index contributed by atoms with van der Waals surface area (Å²) in [5.41, 5.74) is 5.58. The first kappa shape index (κ1) is 16.8. The van der Waals surface area contributed by atoms with Crippen molar-refractivity contribution < 1.29 is 17.5 Å². The van der Waals surface area contributed by atoms with Gasteiger partial charge in [0.2, 0.25) is 10.0 Å². The second kappa shape index (κ2) is 6.70. The Balaban J connectivity index is 2.28. The second-order valence-corrected chi connectivity index (χ2v) is 7.64. The average Bonchev–Trinajstić information content (AvgIpc) is 2.94. The van der Waals surface area contributed by atoms with E-state index in [9.17, 15) is 12.8 Å². The number of nitrogens with two attached hydrogens (primary N) is 1. The first-order valence-corrected chi connectivity index (χ1v) is 8.94. The van der Waals surface area contributed by atoms with Gasteiger partial charge in [0.25, 0.3) is 0 Å². The van der Waals surface area contributed by atoms with Crippen LogP contribution >= 0.6 is 15.9 Å². The number of ether oxygens (including phenoxy) is 1. The molecule has 0 bridgehead atoms. The van der Waals surface area contributed by atoms with Gasteiger partial charge in [-0.1, -0.05) is 15.9 Å². The summed E-state index contributed by atoms with van der Waals surface area (Å²) in [6.07, 6.45) is 1.52. The maximum absolute atomic E-state index is 14.2. The fraction of sp³-hybridized carbons (Fsp3) is 0.538. The molecule has 0 amide bonds. The zero-order chi connectivity index (χ0) is 15.6. The van der Waals surface area contributed by atoms with Crippen molar-refractivity contribution in [3.63, 3.8) is 0 Å². The molecule has 5 nitrogen and oxygen atoms in total. The van der Waals surface area contributed by atoms with Crippen molar-refractivity contribution in [3.8, 4) is 0 Å². The zero-order valence-corrected chi connectivity index (χ0v) is 14.0. The van der Waals surface area contributed by atoms with Crippen LogP contribution in [-0.2, 0) is 21.3 Å². The molecule has 1 aliphatic heterocycles. The second-order valence-electron chi connectivity index (χ2n) is 5.04. The molecule has 0 saturated carbocycles. The van der Waals surface area contributed by atoms with E-state index in [4.69, 9.17) is 10.5 Å². The maximum Gasteiger partial charge on any atom is 0.243 e. The van der Waals surface area contributed by atoms with Crippen molar-refractivity contribution in [2.24, 2.45) is 5.73 Å². The van der Waals surface area contributed by atoms with E-state index < -0.39 is 26.8 Å². The van der Waals surface area contributed by atoms with E-state index in [1.54, 1.807) is 6.92 Å². The molecule has 8 heteroatoms. The van der Waals surface area contributed by atoms with E-state index in [2.05, 4.69) is 20.7 Å². The van der Waals surface area contributed by atoms with Gasteiger partial charge in [-0.25, -0.2) is 17.5 Å². The Hall–Kier alpha value is -0.540. The standard InChI is InChI=1S/C13H18BrFN2O3S/c1-8(11-3-2-4-20-11)17-21(18,19)12-6-10(14)5-9(7-16)13(12)15/h5-6,8,11,17H,2-4,7,16H2,1H3. The maximum atomic E-state index is 14.2. The summed E-state index contributed by atoms with van der Waals surface area (Å²) in [6.45, 7) is 2.27. The molecule has 2 unspecified atom stereocenters. The highest BCUT2D eigenvalue weighted by molar-refractivity contribution is 9.10. The van der Waals surface area contributed by atoms with E-state index >= 15 is 0 Å².